The monoisotopic (exact) mass is 461 g/mol. The number of hydrogen-bond donors (Lipinski definition) is 3. The zero-order valence-corrected chi connectivity index (χ0v) is 17.9. The van der Waals surface area contributed by atoms with Gasteiger partial charge in [0.05, 0.1) is 6.61 Å². The van der Waals surface area contributed by atoms with Gasteiger partial charge in [0.15, 0.2) is 5.96 Å². The Morgan fingerprint density at radius 3 is 2.52 bits per heavy atom. The quantitative estimate of drug-likeness (QED) is 0.332. The van der Waals surface area contributed by atoms with Crippen LogP contribution in [0.1, 0.15) is 29.5 Å². The molecule has 3 N–H and O–H groups in total. The van der Waals surface area contributed by atoms with Crippen molar-refractivity contribution in [2.75, 3.05) is 40.0 Å². The third kappa shape index (κ3) is 7.11. The number of nitrogens with zero attached hydrogens (tertiary/aromatic N) is 1. The van der Waals surface area contributed by atoms with Gasteiger partial charge >= 0.3 is 0 Å². The maximum absolute atomic E-state index is 9.30. The second-order valence-corrected chi connectivity index (χ2v) is 6.87. The molecule has 1 fully saturated rings. The number of aliphatic hydroxyl groups is 1. The Morgan fingerprint density at radius 1 is 1.24 bits per heavy atom. The summed E-state index contributed by atoms with van der Waals surface area (Å²) in [6, 6.07) is 6.66. The van der Waals surface area contributed by atoms with Crippen LogP contribution in [-0.2, 0) is 11.2 Å². The fraction of sp³-hybridized carbons (Fsp3) is 0.632. The number of aryl methyl sites for hydroxylation is 2. The Balaban J connectivity index is 0.00000312. The standard InChI is InChI=1S/C19H31N3O2.HI/c1-15-10-16(2)12-17(11-15)4-7-21-18(20-3)22-13-19(5-8-23)6-9-24-14-19;/h10-12,23H,4-9,13-14H2,1-3H3,(H2,20,21,22);1H. The molecular formula is C19H32IN3O2. The molecule has 0 aliphatic carbocycles. The predicted octanol–water partition coefficient (Wildman–Crippen LogP) is 2.42. The molecule has 6 heteroatoms. The van der Waals surface area contributed by atoms with Gasteiger partial charge in [-0.15, -0.1) is 24.0 Å². The Hall–Kier alpha value is -0.860. The number of benzene rings is 1. The highest BCUT2D eigenvalue weighted by Gasteiger charge is 2.34. The fourth-order valence-corrected chi connectivity index (χ4v) is 3.34. The van der Waals surface area contributed by atoms with Crippen LogP contribution in [0.2, 0.25) is 0 Å². The second kappa shape index (κ2) is 11.0. The summed E-state index contributed by atoms with van der Waals surface area (Å²) in [6.07, 6.45) is 2.72. The van der Waals surface area contributed by atoms with Crippen molar-refractivity contribution in [1.29, 1.82) is 0 Å². The smallest absolute Gasteiger partial charge is 0.191 e. The van der Waals surface area contributed by atoms with E-state index in [0.717, 1.165) is 44.9 Å². The zero-order valence-electron chi connectivity index (χ0n) is 15.6. The Kier molecular flexibility index (Phi) is 9.74. The van der Waals surface area contributed by atoms with Gasteiger partial charge in [0.2, 0.25) is 0 Å². The third-order valence-electron chi connectivity index (χ3n) is 4.67. The van der Waals surface area contributed by atoms with Crippen LogP contribution in [0.3, 0.4) is 0 Å². The number of rotatable bonds is 7. The molecule has 0 saturated carbocycles. The number of halogens is 1. The summed E-state index contributed by atoms with van der Waals surface area (Å²) in [5, 5.41) is 16.1. The number of hydrogen-bond acceptors (Lipinski definition) is 3. The van der Waals surface area contributed by atoms with Gasteiger partial charge in [-0.25, -0.2) is 0 Å². The number of aliphatic imine (C=N–C) groups is 1. The van der Waals surface area contributed by atoms with Crippen molar-refractivity contribution in [3.05, 3.63) is 34.9 Å². The molecule has 1 aliphatic heterocycles. The summed E-state index contributed by atoms with van der Waals surface area (Å²) in [4.78, 5) is 4.30. The van der Waals surface area contributed by atoms with Gasteiger partial charge in [-0.1, -0.05) is 29.3 Å². The van der Waals surface area contributed by atoms with Crippen molar-refractivity contribution in [3.63, 3.8) is 0 Å². The normalized spacial score (nSPS) is 20.2. The highest BCUT2D eigenvalue weighted by Crippen LogP contribution is 2.31. The van der Waals surface area contributed by atoms with Gasteiger partial charge in [0, 0.05) is 38.8 Å². The number of nitrogens with one attached hydrogen (secondary N) is 2. The maximum atomic E-state index is 9.30. The largest absolute Gasteiger partial charge is 0.396 e. The molecule has 1 heterocycles. The van der Waals surface area contributed by atoms with E-state index in [-0.39, 0.29) is 36.0 Å². The third-order valence-corrected chi connectivity index (χ3v) is 4.67. The molecule has 0 aromatic heterocycles. The van der Waals surface area contributed by atoms with E-state index in [2.05, 4.69) is 47.7 Å². The van der Waals surface area contributed by atoms with Crippen molar-refractivity contribution >= 4 is 29.9 Å². The van der Waals surface area contributed by atoms with Crippen molar-refractivity contribution in [1.82, 2.24) is 10.6 Å². The van der Waals surface area contributed by atoms with Crippen LogP contribution in [0.25, 0.3) is 0 Å². The lowest BCUT2D eigenvalue weighted by molar-refractivity contribution is 0.127. The molecule has 1 atom stereocenters. The van der Waals surface area contributed by atoms with Crippen LogP contribution in [0.4, 0.5) is 0 Å². The topological polar surface area (TPSA) is 65.9 Å². The van der Waals surface area contributed by atoms with Gasteiger partial charge in [0.25, 0.3) is 0 Å². The van der Waals surface area contributed by atoms with Crippen molar-refractivity contribution in [3.8, 4) is 0 Å². The first-order valence-corrected chi connectivity index (χ1v) is 8.77. The number of aliphatic hydroxyl groups excluding tert-OH is 1. The molecule has 0 radical (unpaired) electrons. The minimum absolute atomic E-state index is 0. The Bertz CT molecular complexity index is 537. The van der Waals surface area contributed by atoms with E-state index in [9.17, 15) is 5.11 Å². The maximum Gasteiger partial charge on any atom is 0.191 e. The molecule has 1 aliphatic rings. The SMILES string of the molecule is CN=C(NCCc1cc(C)cc(C)c1)NCC1(CCO)CCOC1.I. The molecule has 2 rings (SSSR count). The Labute approximate surface area is 168 Å². The van der Waals surface area contributed by atoms with Crippen LogP contribution < -0.4 is 10.6 Å². The lowest BCUT2D eigenvalue weighted by atomic mass is 9.84. The molecule has 0 amide bonds. The molecule has 1 aromatic rings. The fourth-order valence-electron chi connectivity index (χ4n) is 3.34. The first-order chi connectivity index (χ1) is 11.6. The lowest BCUT2D eigenvalue weighted by Crippen LogP contribution is -2.45. The average Bonchev–Trinajstić information content (AvgIpc) is 2.99. The summed E-state index contributed by atoms with van der Waals surface area (Å²) < 4.78 is 5.53. The van der Waals surface area contributed by atoms with Crippen LogP contribution in [-0.4, -0.2) is 51.0 Å². The molecule has 1 aromatic carbocycles. The van der Waals surface area contributed by atoms with Crippen LogP contribution in [0, 0.1) is 19.3 Å². The van der Waals surface area contributed by atoms with Gasteiger partial charge in [-0.3, -0.25) is 4.99 Å². The van der Waals surface area contributed by atoms with E-state index in [0.29, 0.717) is 6.61 Å². The summed E-state index contributed by atoms with van der Waals surface area (Å²) >= 11 is 0. The lowest BCUT2D eigenvalue weighted by Gasteiger charge is -2.27. The van der Waals surface area contributed by atoms with E-state index in [4.69, 9.17) is 4.74 Å². The van der Waals surface area contributed by atoms with Gasteiger partial charge in [0.1, 0.15) is 0 Å². The van der Waals surface area contributed by atoms with Crippen LogP contribution in [0.15, 0.2) is 23.2 Å². The molecule has 0 spiro atoms. The molecule has 1 unspecified atom stereocenters. The van der Waals surface area contributed by atoms with Gasteiger partial charge in [-0.05, 0) is 38.7 Å². The minimum atomic E-state index is 0. The molecule has 1 saturated heterocycles. The van der Waals surface area contributed by atoms with E-state index in [1.54, 1.807) is 7.05 Å². The summed E-state index contributed by atoms with van der Waals surface area (Å²) in [6.45, 7) is 7.57. The van der Waals surface area contributed by atoms with Crippen molar-refractivity contribution in [2.45, 2.75) is 33.1 Å². The Morgan fingerprint density at radius 2 is 1.96 bits per heavy atom. The minimum Gasteiger partial charge on any atom is -0.396 e. The highest BCUT2D eigenvalue weighted by atomic mass is 127. The number of ether oxygens (including phenoxy) is 1. The van der Waals surface area contributed by atoms with E-state index in [1.807, 2.05) is 0 Å². The first-order valence-electron chi connectivity index (χ1n) is 8.77. The molecule has 25 heavy (non-hydrogen) atoms. The number of guanidine groups is 1. The predicted molar refractivity (Wildman–Crippen MR) is 114 cm³/mol. The molecular weight excluding hydrogens is 429 g/mol. The van der Waals surface area contributed by atoms with Gasteiger partial charge in [-0.2, -0.15) is 0 Å². The van der Waals surface area contributed by atoms with Crippen molar-refractivity contribution in [2.24, 2.45) is 10.4 Å². The van der Waals surface area contributed by atoms with Crippen LogP contribution in [0.5, 0.6) is 0 Å². The first kappa shape index (κ1) is 22.2. The molecule has 142 valence electrons. The van der Waals surface area contributed by atoms with E-state index >= 15 is 0 Å². The summed E-state index contributed by atoms with van der Waals surface area (Å²) in [5.74, 6) is 0.809. The second-order valence-electron chi connectivity index (χ2n) is 6.87. The van der Waals surface area contributed by atoms with Crippen LogP contribution >= 0.6 is 24.0 Å². The summed E-state index contributed by atoms with van der Waals surface area (Å²) in [7, 11) is 1.79. The van der Waals surface area contributed by atoms with Gasteiger partial charge < -0.3 is 20.5 Å². The van der Waals surface area contributed by atoms with E-state index in [1.165, 1.54) is 16.7 Å². The average molecular weight is 461 g/mol. The van der Waals surface area contributed by atoms with Crippen molar-refractivity contribution < 1.29 is 9.84 Å². The summed E-state index contributed by atoms with van der Waals surface area (Å²) in [5.41, 5.74) is 3.98. The highest BCUT2D eigenvalue weighted by molar-refractivity contribution is 14.0. The molecule has 0 bridgehead atoms. The zero-order chi connectivity index (χ0) is 17.4. The molecule has 5 nitrogen and oxygen atoms in total. The van der Waals surface area contributed by atoms with E-state index < -0.39 is 0 Å².